The van der Waals surface area contributed by atoms with E-state index < -0.39 is 6.57 Å². The fourth-order valence-electron chi connectivity index (χ4n) is 0.608. The second kappa shape index (κ2) is 4.70. The van der Waals surface area contributed by atoms with Crippen molar-refractivity contribution in [2.75, 3.05) is 12.4 Å². The van der Waals surface area contributed by atoms with Crippen LogP contribution in [0.1, 0.15) is 13.8 Å². The highest BCUT2D eigenvalue weighted by molar-refractivity contribution is 8.99. The van der Waals surface area contributed by atoms with Crippen molar-refractivity contribution < 1.29 is 9.46 Å². The summed E-state index contributed by atoms with van der Waals surface area (Å²) in [6.45, 7) is 1.03. The number of rotatable bonds is 4. The van der Waals surface area contributed by atoms with E-state index in [1.165, 1.54) is 10.8 Å². The highest BCUT2D eigenvalue weighted by Gasteiger charge is 2.19. The van der Waals surface area contributed by atoms with Crippen LogP contribution in [0.4, 0.5) is 0 Å². The predicted octanol–water partition coefficient (Wildman–Crippen LogP) is 2.84. The molecule has 0 heterocycles. The molecule has 0 amide bonds. The molecule has 0 saturated carbocycles. The summed E-state index contributed by atoms with van der Waals surface area (Å²) in [5.74, 6) is 0.301. The lowest BCUT2D eigenvalue weighted by Crippen LogP contribution is -1.93. The molecule has 0 aromatic carbocycles. The lowest BCUT2D eigenvalue weighted by Gasteiger charge is -2.10. The van der Waals surface area contributed by atoms with Crippen LogP contribution < -0.4 is 0 Å². The molecule has 62 valence electrons. The van der Waals surface area contributed by atoms with E-state index in [0.717, 1.165) is 10.4 Å². The van der Waals surface area contributed by atoms with Gasteiger partial charge in [-0.05, 0) is 22.6 Å². The summed E-state index contributed by atoms with van der Waals surface area (Å²) in [6.07, 6.45) is 2.23. The van der Waals surface area contributed by atoms with E-state index in [9.17, 15) is 9.46 Å². The van der Waals surface area contributed by atoms with Crippen LogP contribution in [-0.4, -0.2) is 17.3 Å². The third-order valence-electron chi connectivity index (χ3n) is 0.787. The van der Waals surface area contributed by atoms with Crippen LogP contribution in [0.25, 0.3) is 0 Å². The van der Waals surface area contributed by atoms with Crippen molar-refractivity contribution in [2.45, 2.75) is 13.8 Å². The van der Waals surface area contributed by atoms with Crippen LogP contribution in [0, 0.1) is 5.92 Å². The van der Waals surface area contributed by atoms with E-state index in [-0.39, 0.29) is 0 Å². The summed E-state index contributed by atoms with van der Waals surface area (Å²) in [4.78, 5) is 9.18. The topological polar surface area (TPSA) is 37.3 Å². The first kappa shape index (κ1) is 10.9. The van der Waals surface area contributed by atoms with Crippen LogP contribution in [-0.2, 0) is 4.57 Å². The van der Waals surface area contributed by atoms with E-state index in [1.807, 2.05) is 20.1 Å². The Labute approximate surface area is 69.8 Å². The van der Waals surface area contributed by atoms with E-state index in [1.54, 1.807) is 0 Å². The van der Waals surface area contributed by atoms with Crippen molar-refractivity contribution >= 4 is 27.8 Å². The smallest absolute Gasteiger partial charge is 0.265 e. The largest absolute Gasteiger partial charge is 0.336 e. The minimum absolute atomic E-state index is 0.301. The van der Waals surface area contributed by atoms with E-state index in [2.05, 4.69) is 0 Å². The highest BCUT2D eigenvalue weighted by atomic mass is 33.3. The lowest BCUT2D eigenvalue weighted by atomic mass is 10.3. The average Bonchev–Trinajstić information content (AvgIpc) is 1.59. The molecule has 0 radical (unpaired) electrons. The van der Waals surface area contributed by atoms with E-state index >= 15 is 0 Å². The van der Waals surface area contributed by atoms with Gasteiger partial charge in [-0.25, -0.2) is 0 Å². The van der Waals surface area contributed by atoms with Crippen LogP contribution in [0.15, 0.2) is 0 Å². The zero-order valence-electron chi connectivity index (χ0n) is 6.40. The number of hydrogen-bond donors (Lipinski definition) is 1. The van der Waals surface area contributed by atoms with E-state index in [4.69, 9.17) is 0 Å². The summed E-state index contributed by atoms with van der Waals surface area (Å²) < 4.78 is 11.1. The molecule has 0 rings (SSSR count). The molecule has 0 aliphatic rings. The minimum Gasteiger partial charge on any atom is -0.336 e. The van der Waals surface area contributed by atoms with Crippen molar-refractivity contribution in [3.63, 3.8) is 0 Å². The maximum Gasteiger partial charge on any atom is 0.265 e. The molecule has 5 heteroatoms. The van der Waals surface area contributed by atoms with Gasteiger partial charge in [-0.3, -0.25) is 4.57 Å². The summed E-state index contributed by atoms with van der Waals surface area (Å²) >= 11 is 0. The third kappa shape index (κ3) is 5.66. The zero-order chi connectivity index (χ0) is 8.20. The molecule has 0 fully saturated rings. The van der Waals surface area contributed by atoms with Gasteiger partial charge in [0.2, 0.25) is 0 Å². The Kier molecular flexibility index (Phi) is 5.12. The Morgan fingerprint density at radius 1 is 1.60 bits per heavy atom. The molecule has 1 atom stereocenters. The van der Waals surface area contributed by atoms with Crippen molar-refractivity contribution in [1.82, 2.24) is 0 Å². The first-order valence-electron chi connectivity index (χ1n) is 3.02. The second-order valence-corrected chi connectivity index (χ2v) is 9.08. The maximum atomic E-state index is 11.1. The summed E-state index contributed by atoms with van der Waals surface area (Å²) in [5.41, 5.74) is 0. The molecule has 0 saturated heterocycles. The molecule has 0 aliphatic heterocycles. The van der Waals surface area contributed by atoms with Gasteiger partial charge < -0.3 is 4.89 Å². The highest BCUT2D eigenvalue weighted by Crippen LogP contribution is 2.60. The molecule has 0 bridgehead atoms. The van der Waals surface area contributed by atoms with Crippen molar-refractivity contribution in [1.29, 1.82) is 0 Å². The first-order chi connectivity index (χ1) is 4.48. The molecule has 1 N–H and O–H groups in total. The fourth-order valence-corrected chi connectivity index (χ4v) is 6.24. The molecule has 2 nitrogen and oxygen atoms in total. The summed E-state index contributed by atoms with van der Waals surface area (Å²) in [6, 6.07) is 0. The SMILES string of the molecule is CSSP(=O)(O)CC(C)C. The van der Waals surface area contributed by atoms with Gasteiger partial charge in [0.15, 0.2) is 0 Å². The predicted molar refractivity (Wildman–Crippen MR) is 50.6 cm³/mol. The molecule has 10 heavy (non-hydrogen) atoms. The van der Waals surface area contributed by atoms with Gasteiger partial charge in [0.05, 0.1) is 0 Å². The Bertz CT molecular complexity index is 138. The van der Waals surface area contributed by atoms with Crippen molar-refractivity contribution in [3.05, 3.63) is 0 Å². The first-order valence-corrected chi connectivity index (χ1v) is 8.03. The van der Waals surface area contributed by atoms with Gasteiger partial charge >= 0.3 is 0 Å². The fraction of sp³-hybridized carbons (Fsp3) is 1.00. The molecule has 0 aliphatic carbocycles. The van der Waals surface area contributed by atoms with Crippen LogP contribution in [0.2, 0.25) is 0 Å². The molecule has 1 unspecified atom stereocenters. The Hall–Kier alpha value is 0.890. The molecule has 0 spiro atoms. The van der Waals surface area contributed by atoms with Crippen molar-refractivity contribution in [3.8, 4) is 0 Å². The Morgan fingerprint density at radius 2 is 2.10 bits per heavy atom. The number of hydrogen-bond acceptors (Lipinski definition) is 3. The van der Waals surface area contributed by atoms with Crippen LogP contribution in [0.5, 0.6) is 0 Å². The normalized spacial score (nSPS) is 17.3. The molecule has 0 aromatic rings. The average molecular weight is 200 g/mol. The summed E-state index contributed by atoms with van der Waals surface area (Å²) in [5, 5.41) is 0. The minimum atomic E-state index is -2.87. The Balaban J connectivity index is 3.75. The molecule has 0 aromatic heterocycles. The van der Waals surface area contributed by atoms with E-state index in [0.29, 0.717) is 12.1 Å². The Morgan fingerprint density at radius 3 is 2.40 bits per heavy atom. The van der Waals surface area contributed by atoms with Crippen molar-refractivity contribution in [2.24, 2.45) is 5.92 Å². The standard InChI is InChI=1S/C5H13O2PS2/c1-5(2)4-8(6,7)10-9-3/h5H,4H2,1-3H3,(H,6,7). The van der Waals surface area contributed by atoms with Gasteiger partial charge in [-0.1, -0.05) is 24.6 Å². The quantitative estimate of drug-likeness (QED) is 0.559. The summed E-state index contributed by atoms with van der Waals surface area (Å²) in [7, 11) is 2.44. The van der Waals surface area contributed by atoms with Crippen LogP contribution in [0.3, 0.4) is 0 Å². The third-order valence-corrected chi connectivity index (χ3v) is 7.39. The lowest BCUT2D eigenvalue weighted by molar-refractivity contribution is 0.488. The monoisotopic (exact) mass is 200 g/mol. The van der Waals surface area contributed by atoms with Gasteiger partial charge in [-0.2, -0.15) is 0 Å². The van der Waals surface area contributed by atoms with Gasteiger partial charge in [0.1, 0.15) is 0 Å². The zero-order valence-corrected chi connectivity index (χ0v) is 8.93. The maximum absolute atomic E-state index is 11.1. The molecular formula is C5H13O2PS2. The van der Waals surface area contributed by atoms with Crippen LogP contribution >= 0.6 is 27.8 Å². The van der Waals surface area contributed by atoms with Gasteiger partial charge in [0, 0.05) is 6.16 Å². The molecular weight excluding hydrogens is 187 g/mol. The second-order valence-electron chi connectivity index (χ2n) is 2.46. The van der Waals surface area contributed by atoms with Gasteiger partial charge in [-0.15, -0.1) is 0 Å². The van der Waals surface area contributed by atoms with Gasteiger partial charge in [0.25, 0.3) is 6.57 Å².